The standard InChI is InChI=1S/C16H31N3O2/c1-3-15(12-20)19-10-8-18(9-11-19)13(2)16(21)17-14-6-4-5-7-14/h13-15,20H,3-12H2,1-2H3,(H,17,21). The lowest BCUT2D eigenvalue weighted by Gasteiger charge is -2.40. The fourth-order valence-electron chi connectivity index (χ4n) is 3.55. The minimum absolute atomic E-state index is 0.0399. The molecule has 2 unspecified atom stereocenters. The van der Waals surface area contributed by atoms with E-state index in [1.165, 1.54) is 12.8 Å². The molecule has 0 aromatic carbocycles. The molecule has 0 aromatic heterocycles. The van der Waals surface area contributed by atoms with Gasteiger partial charge in [-0.1, -0.05) is 19.8 Å². The topological polar surface area (TPSA) is 55.8 Å². The van der Waals surface area contributed by atoms with Crippen molar-refractivity contribution in [3.8, 4) is 0 Å². The van der Waals surface area contributed by atoms with E-state index in [2.05, 4.69) is 22.0 Å². The van der Waals surface area contributed by atoms with Crippen LogP contribution in [-0.4, -0.2) is 71.7 Å². The molecule has 1 saturated carbocycles. The zero-order chi connectivity index (χ0) is 15.2. The quantitative estimate of drug-likeness (QED) is 0.762. The third-order valence-corrected chi connectivity index (χ3v) is 5.18. The summed E-state index contributed by atoms with van der Waals surface area (Å²) >= 11 is 0. The Morgan fingerprint density at radius 1 is 1.19 bits per heavy atom. The van der Waals surface area contributed by atoms with Crippen molar-refractivity contribution in [2.45, 2.75) is 64.1 Å². The van der Waals surface area contributed by atoms with Crippen LogP contribution in [0.2, 0.25) is 0 Å². The van der Waals surface area contributed by atoms with Gasteiger partial charge in [0.25, 0.3) is 0 Å². The molecule has 1 aliphatic heterocycles. The molecular weight excluding hydrogens is 266 g/mol. The van der Waals surface area contributed by atoms with E-state index in [0.717, 1.165) is 45.4 Å². The van der Waals surface area contributed by atoms with E-state index >= 15 is 0 Å². The van der Waals surface area contributed by atoms with E-state index in [1.807, 2.05) is 6.92 Å². The normalized spacial score (nSPS) is 24.9. The Morgan fingerprint density at radius 3 is 2.29 bits per heavy atom. The number of nitrogens with one attached hydrogen (secondary N) is 1. The fraction of sp³-hybridized carbons (Fsp3) is 0.938. The third-order valence-electron chi connectivity index (χ3n) is 5.18. The number of amides is 1. The van der Waals surface area contributed by atoms with Gasteiger partial charge in [0.1, 0.15) is 0 Å². The van der Waals surface area contributed by atoms with Crippen LogP contribution in [0.3, 0.4) is 0 Å². The molecule has 0 radical (unpaired) electrons. The molecule has 2 fully saturated rings. The van der Waals surface area contributed by atoms with Crippen molar-refractivity contribution in [3.63, 3.8) is 0 Å². The van der Waals surface area contributed by atoms with Gasteiger partial charge in [-0.05, 0) is 26.2 Å². The van der Waals surface area contributed by atoms with Gasteiger partial charge in [-0.25, -0.2) is 0 Å². The molecule has 21 heavy (non-hydrogen) atoms. The molecule has 1 saturated heterocycles. The first-order valence-corrected chi connectivity index (χ1v) is 8.55. The van der Waals surface area contributed by atoms with Gasteiger partial charge in [-0.3, -0.25) is 14.6 Å². The average Bonchev–Trinajstić information content (AvgIpc) is 3.01. The smallest absolute Gasteiger partial charge is 0.237 e. The molecular formula is C16H31N3O2. The molecule has 0 bridgehead atoms. The highest BCUT2D eigenvalue weighted by molar-refractivity contribution is 5.81. The molecule has 5 nitrogen and oxygen atoms in total. The summed E-state index contributed by atoms with van der Waals surface area (Å²) in [5.41, 5.74) is 0. The van der Waals surface area contributed by atoms with Crippen LogP contribution in [-0.2, 0) is 4.79 Å². The number of carbonyl (C=O) groups is 1. The third kappa shape index (κ3) is 4.41. The first-order chi connectivity index (χ1) is 10.2. The van der Waals surface area contributed by atoms with Crippen LogP contribution in [0.5, 0.6) is 0 Å². The molecule has 122 valence electrons. The van der Waals surface area contributed by atoms with Gasteiger partial charge in [-0.2, -0.15) is 0 Å². The van der Waals surface area contributed by atoms with E-state index in [9.17, 15) is 9.90 Å². The zero-order valence-electron chi connectivity index (χ0n) is 13.6. The molecule has 1 heterocycles. The monoisotopic (exact) mass is 297 g/mol. The highest BCUT2D eigenvalue weighted by Crippen LogP contribution is 2.18. The molecule has 2 N–H and O–H groups in total. The number of aliphatic hydroxyl groups excluding tert-OH is 1. The summed E-state index contributed by atoms with van der Waals surface area (Å²) in [4.78, 5) is 16.9. The van der Waals surface area contributed by atoms with Crippen LogP contribution in [0.15, 0.2) is 0 Å². The van der Waals surface area contributed by atoms with Gasteiger partial charge in [0.2, 0.25) is 5.91 Å². The number of rotatable bonds is 6. The van der Waals surface area contributed by atoms with Crippen molar-refractivity contribution in [3.05, 3.63) is 0 Å². The molecule has 5 heteroatoms. The Hall–Kier alpha value is -0.650. The minimum Gasteiger partial charge on any atom is -0.395 e. The molecule has 2 atom stereocenters. The van der Waals surface area contributed by atoms with E-state index in [1.54, 1.807) is 0 Å². The van der Waals surface area contributed by atoms with Gasteiger partial charge >= 0.3 is 0 Å². The highest BCUT2D eigenvalue weighted by Gasteiger charge is 2.29. The van der Waals surface area contributed by atoms with Crippen LogP contribution >= 0.6 is 0 Å². The first-order valence-electron chi connectivity index (χ1n) is 8.55. The predicted molar refractivity (Wildman–Crippen MR) is 84.2 cm³/mol. The van der Waals surface area contributed by atoms with Gasteiger partial charge < -0.3 is 10.4 Å². The number of piperazine rings is 1. The second-order valence-electron chi connectivity index (χ2n) is 6.48. The van der Waals surface area contributed by atoms with Crippen molar-refractivity contribution >= 4 is 5.91 Å². The van der Waals surface area contributed by atoms with E-state index in [0.29, 0.717) is 6.04 Å². The average molecular weight is 297 g/mol. The fourth-order valence-corrected chi connectivity index (χ4v) is 3.55. The lowest BCUT2D eigenvalue weighted by Crippen LogP contribution is -2.56. The Labute approximate surface area is 128 Å². The van der Waals surface area contributed by atoms with E-state index in [4.69, 9.17) is 0 Å². The van der Waals surface area contributed by atoms with Gasteiger partial charge in [0.05, 0.1) is 12.6 Å². The maximum absolute atomic E-state index is 12.3. The van der Waals surface area contributed by atoms with Crippen molar-refractivity contribution in [1.29, 1.82) is 0 Å². The van der Waals surface area contributed by atoms with Gasteiger partial charge in [-0.15, -0.1) is 0 Å². The number of carbonyl (C=O) groups excluding carboxylic acids is 1. The second kappa shape index (κ2) is 8.11. The first kappa shape index (κ1) is 16.7. The summed E-state index contributed by atoms with van der Waals surface area (Å²) in [5, 5.41) is 12.6. The van der Waals surface area contributed by atoms with Crippen molar-refractivity contribution in [2.24, 2.45) is 0 Å². The molecule has 0 aromatic rings. The van der Waals surface area contributed by atoms with Gasteiger partial charge in [0.15, 0.2) is 0 Å². The molecule has 0 spiro atoms. The Bertz CT molecular complexity index is 319. The molecule has 2 rings (SSSR count). The number of hydrogen-bond donors (Lipinski definition) is 2. The lowest BCUT2D eigenvalue weighted by atomic mass is 10.1. The molecule has 1 amide bonds. The second-order valence-corrected chi connectivity index (χ2v) is 6.48. The molecule has 2 aliphatic rings. The number of nitrogens with zero attached hydrogens (tertiary/aromatic N) is 2. The van der Waals surface area contributed by atoms with Crippen LogP contribution in [0.25, 0.3) is 0 Å². The van der Waals surface area contributed by atoms with Crippen LogP contribution in [0, 0.1) is 0 Å². The van der Waals surface area contributed by atoms with E-state index in [-0.39, 0.29) is 24.6 Å². The zero-order valence-corrected chi connectivity index (χ0v) is 13.6. The van der Waals surface area contributed by atoms with E-state index < -0.39 is 0 Å². The van der Waals surface area contributed by atoms with Crippen molar-refractivity contribution in [1.82, 2.24) is 15.1 Å². The molecule has 1 aliphatic carbocycles. The minimum atomic E-state index is -0.0399. The maximum atomic E-state index is 12.3. The summed E-state index contributed by atoms with van der Waals surface area (Å²) in [6.07, 6.45) is 5.76. The highest BCUT2D eigenvalue weighted by atomic mass is 16.3. The summed E-state index contributed by atoms with van der Waals surface area (Å²) in [6, 6.07) is 0.636. The summed E-state index contributed by atoms with van der Waals surface area (Å²) in [5.74, 6) is 0.185. The summed E-state index contributed by atoms with van der Waals surface area (Å²) in [6.45, 7) is 8.08. The SMILES string of the molecule is CCC(CO)N1CCN(C(C)C(=O)NC2CCCC2)CC1. The van der Waals surface area contributed by atoms with Crippen LogP contribution in [0.4, 0.5) is 0 Å². The van der Waals surface area contributed by atoms with Crippen molar-refractivity contribution < 1.29 is 9.90 Å². The largest absolute Gasteiger partial charge is 0.395 e. The van der Waals surface area contributed by atoms with Crippen LogP contribution in [0.1, 0.15) is 46.0 Å². The number of hydrogen-bond acceptors (Lipinski definition) is 4. The Kier molecular flexibility index (Phi) is 6.45. The van der Waals surface area contributed by atoms with Crippen LogP contribution < -0.4 is 5.32 Å². The van der Waals surface area contributed by atoms with Gasteiger partial charge in [0, 0.05) is 38.3 Å². The lowest BCUT2D eigenvalue weighted by molar-refractivity contribution is -0.127. The Balaban J connectivity index is 1.76. The predicted octanol–water partition coefficient (Wildman–Crippen LogP) is 0.822. The summed E-state index contributed by atoms with van der Waals surface area (Å²) < 4.78 is 0. The number of aliphatic hydroxyl groups is 1. The summed E-state index contributed by atoms with van der Waals surface area (Å²) in [7, 11) is 0. The van der Waals surface area contributed by atoms with Crippen molar-refractivity contribution in [2.75, 3.05) is 32.8 Å². The maximum Gasteiger partial charge on any atom is 0.237 e. The Morgan fingerprint density at radius 2 is 1.76 bits per heavy atom.